The van der Waals surface area contributed by atoms with E-state index < -0.39 is 5.97 Å². The van der Waals surface area contributed by atoms with Gasteiger partial charge in [0, 0.05) is 18.7 Å². The maximum absolute atomic E-state index is 11.9. The van der Waals surface area contributed by atoms with Gasteiger partial charge in [0.1, 0.15) is 0 Å². The van der Waals surface area contributed by atoms with E-state index in [1.165, 1.54) is 5.56 Å². The van der Waals surface area contributed by atoms with E-state index in [1.54, 1.807) is 6.92 Å². The van der Waals surface area contributed by atoms with Crippen molar-refractivity contribution in [1.29, 1.82) is 0 Å². The van der Waals surface area contributed by atoms with Gasteiger partial charge in [0.05, 0.1) is 6.42 Å². The van der Waals surface area contributed by atoms with E-state index in [4.69, 9.17) is 5.11 Å². The van der Waals surface area contributed by atoms with Crippen molar-refractivity contribution in [3.63, 3.8) is 0 Å². The third-order valence-corrected chi connectivity index (χ3v) is 4.57. The Kier molecular flexibility index (Phi) is 4.38. The minimum Gasteiger partial charge on any atom is -0.481 e. The van der Waals surface area contributed by atoms with Gasteiger partial charge < -0.3 is 10.0 Å². The summed E-state index contributed by atoms with van der Waals surface area (Å²) in [5.41, 5.74) is 5.01. The molecular formula is C20H21NO3. The fourth-order valence-corrected chi connectivity index (χ4v) is 3.45. The smallest absolute Gasteiger partial charge is 0.307 e. The van der Waals surface area contributed by atoms with Crippen LogP contribution in [0.15, 0.2) is 42.5 Å². The molecule has 0 radical (unpaired) electrons. The molecule has 1 heterocycles. The zero-order chi connectivity index (χ0) is 17.3. The lowest BCUT2D eigenvalue weighted by Crippen LogP contribution is -2.40. The van der Waals surface area contributed by atoms with Gasteiger partial charge in [0.2, 0.25) is 5.91 Å². The highest BCUT2D eigenvalue weighted by molar-refractivity contribution is 5.94. The molecule has 1 amide bonds. The number of carboxylic acid groups (broad SMARTS) is 1. The minimum atomic E-state index is -0.830. The molecule has 0 aromatic heterocycles. The number of hydrogen-bond acceptors (Lipinski definition) is 2. The standard InChI is InChI=1S/C20H21NO3/c1-13-6-7-18-12-17(8-9-19(18)21(13)14(2)22)16-5-3-4-15(10-16)11-20(23)24/h3-5,8-10,12-13H,6-7,11H2,1-2H3,(H,23,24)/t13-/m0/s1. The number of nitrogens with zero attached hydrogens (tertiary/aromatic N) is 1. The number of carbonyl (C=O) groups excluding carboxylic acids is 1. The van der Waals surface area contributed by atoms with Crippen LogP contribution in [0.25, 0.3) is 11.1 Å². The number of rotatable bonds is 3. The summed E-state index contributed by atoms with van der Waals surface area (Å²) in [5, 5.41) is 8.95. The summed E-state index contributed by atoms with van der Waals surface area (Å²) in [4.78, 5) is 24.7. The van der Waals surface area contributed by atoms with E-state index in [1.807, 2.05) is 41.3 Å². The zero-order valence-corrected chi connectivity index (χ0v) is 14.0. The van der Waals surface area contributed by atoms with Crippen molar-refractivity contribution in [3.05, 3.63) is 53.6 Å². The summed E-state index contributed by atoms with van der Waals surface area (Å²) in [6, 6.07) is 14.0. The number of carboxylic acids is 1. The summed E-state index contributed by atoms with van der Waals surface area (Å²) >= 11 is 0. The summed E-state index contributed by atoms with van der Waals surface area (Å²) in [5.74, 6) is -0.761. The molecular weight excluding hydrogens is 302 g/mol. The Morgan fingerprint density at radius 3 is 2.62 bits per heavy atom. The first-order chi connectivity index (χ1) is 11.5. The predicted molar refractivity (Wildman–Crippen MR) is 94.2 cm³/mol. The normalized spacial score (nSPS) is 16.6. The second-order valence-corrected chi connectivity index (χ2v) is 6.39. The second-order valence-electron chi connectivity index (χ2n) is 6.39. The molecule has 4 heteroatoms. The van der Waals surface area contributed by atoms with E-state index >= 15 is 0 Å². The Balaban J connectivity index is 1.97. The molecule has 3 rings (SSSR count). The van der Waals surface area contributed by atoms with E-state index in [9.17, 15) is 9.59 Å². The van der Waals surface area contributed by atoms with E-state index in [2.05, 4.69) is 13.0 Å². The van der Waals surface area contributed by atoms with Crippen LogP contribution in [0.3, 0.4) is 0 Å². The SMILES string of the molecule is CC(=O)N1c2ccc(-c3cccc(CC(=O)O)c3)cc2CC[C@@H]1C. The number of aliphatic carboxylic acids is 1. The number of amides is 1. The molecule has 0 bridgehead atoms. The first-order valence-electron chi connectivity index (χ1n) is 8.19. The largest absolute Gasteiger partial charge is 0.481 e. The van der Waals surface area contributed by atoms with Crippen molar-refractivity contribution in [2.75, 3.05) is 4.90 Å². The van der Waals surface area contributed by atoms with Crippen LogP contribution in [0.2, 0.25) is 0 Å². The summed E-state index contributed by atoms with van der Waals surface area (Å²) < 4.78 is 0. The van der Waals surface area contributed by atoms with Crippen LogP contribution in [0.1, 0.15) is 31.4 Å². The Morgan fingerprint density at radius 2 is 1.92 bits per heavy atom. The van der Waals surface area contributed by atoms with Crippen molar-refractivity contribution in [2.24, 2.45) is 0 Å². The van der Waals surface area contributed by atoms with Crippen molar-refractivity contribution >= 4 is 17.6 Å². The number of fused-ring (bicyclic) bond motifs is 1. The van der Waals surface area contributed by atoms with Gasteiger partial charge in [-0.05, 0) is 54.2 Å². The molecule has 124 valence electrons. The Labute approximate surface area is 141 Å². The lowest BCUT2D eigenvalue weighted by molar-refractivity contribution is -0.136. The highest BCUT2D eigenvalue weighted by atomic mass is 16.4. The monoisotopic (exact) mass is 323 g/mol. The Bertz CT molecular complexity index is 797. The van der Waals surface area contributed by atoms with Crippen molar-refractivity contribution in [1.82, 2.24) is 0 Å². The van der Waals surface area contributed by atoms with Crippen LogP contribution in [-0.4, -0.2) is 23.0 Å². The van der Waals surface area contributed by atoms with Gasteiger partial charge in [-0.2, -0.15) is 0 Å². The minimum absolute atomic E-state index is 0.0222. The molecule has 0 spiro atoms. The van der Waals surface area contributed by atoms with Gasteiger partial charge in [-0.25, -0.2) is 0 Å². The number of hydrogen-bond donors (Lipinski definition) is 1. The van der Waals surface area contributed by atoms with Crippen molar-refractivity contribution in [2.45, 2.75) is 39.2 Å². The predicted octanol–water partition coefficient (Wildman–Crippen LogP) is 3.67. The van der Waals surface area contributed by atoms with Gasteiger partial charge in [-0.3, -0.25) is 9.59 Å². The summed E-state index contributed by atoms with van der Waals surface area (Å²) in [6.45, 7) is 3.68. The summed E-state index contributed by atoms with van der Waals surface area (Å²) in [7, 11) is 0. The fraction of sp³-hybridized carbons (Fsp3) is 0.300. The van der Waals surface area contributed by atoms with E-state index in [0.29, 0.717) is 0 Å². The van der Waals surface area contributed by atoms with Gasteiger partial charge in [0.25, 0.3) is 0 Å². The molecule has 0 fully saturated rings. The van der Waals surface area contributed by atoms with Crippen LogP contribution >= 0.6 is 0 Å². The van der Waals surface area contributed by atoms with E-state index in [0.717, 1.165) is 35.2 Å². The average Bonchev–Trinajstić information content (AvgIpc) is 2.53. The molecule has 0 saturated carbocycles. The van der Waals surface area contributed by atoms with Gasteiger partial charge in [-0.15, -0.1) is 0 Å². The number of anilines is 1. The Hall–Kier alpha value is -2.62. The Morgan fingerprint density at radius 1 is 1.17 bits per heavy atom. The van der Waals surface area contributed by atoms with Gasteiger partial charge in [-0.1, -0.05) is 30.3 Å². The fourth-order valence-electron chi connectivity index (χ4n) is 3.45. The topological polar surface area (TPSA) is 57.6 Å². The molecule has 24 heavy (non-hydrogen) atoms. The number of benzene rings is 2. The van der Waals surface area contributed by atoms with Gasteiger partial charge >= 0.3 is 5.97 Å². The highest BCUT2D eigenvalue weighted by Gasteiger charge is 2.26. The number of aryl methyl sites for hydroxylation is 1. The molecule has 1 atom stereocenters. The third kappa shape index (κ3) is 3.18. The lowest BCUT2D eigenvalue weighted by Gasteiger charge is -2.34. The van der Waals surface area contributed by atoms with Gasteiger partial charge in [0.15, 0.2) is 0 Å². The van der Waals surface area contributed by atoms with E-state index in [-0.39, 0.29) is 18.4 Å². The average molecular weight is 323 g/mol. The van der Waals surface area contributed by atoms with Crippen molar-refractivity contribution < 1.29 is 14.7 Å². The molecule has 1 aliphatic rings. The molecule has 4 nitrogen and oxygen atoms in total. The molecule has 2 aromatic carbocycles. The maximum Gasteiger partial charge on any atom is 0.307 e. The molecule has 0 aliphatic carbocycles. The van der Waals surface area contributed by atoms with Crippen LogP contribution in [-0.2, 0) is 22.4 Å². The molecule has 0 unspecified atom stereocenters. The second kappa shape index (κ2) is 6.48. The quantitative estimate of drug-likeness (QED) is 0.937. The number of carbonyl (C=O) groups is 2. The maximum atomic E-state index is 11.9. The van der Waals surface area contributed by atoms with Crippen LogP contribution in [0.5, 0.6) is 0 Å². The molecule has 1 N–H and O–H groups in total. The highest BCUT2D eigenvalue weighted by Crippen LogP contribution is 2.34. The van der Waals surface area contributed by atoms with Crippen LogP contribution < -0.4 is 4.90 Å². The third-order valence-electron chi connectivity index (χ3n) is 4.57. The van der Waals surface area contributed by atoms with Crippen molar-refractivity contribution in [3.8, 4) is 11.1 Å². The summed E-state index contributed by atoms with van der Waals surface area (Å²) in [6.07, 6.45) is 1.92. The first-order valence-corrected chi connectivity index (χ1v) is 8.19. The molecule has 2 aromatic rings. The zero-order valence-electron chi connectivity index (χ0n) is 14.0. The molecule has 0 saturated heterocycles. The van der Waals surface area contributed by atoms with Crippen LogP contribution in [0, 0.1) is 0 Å². The lowest BCUT2D eigenvalue weighted by atomic mass is 9.92. The van der Waals surface area contributed by atoms with Crippen LogP contribution in [0.4, 0.5) is 5.69 Å². The molecule has 1 aliphatic heterocycles. The first kappa shape index (κ1) is 16.2.